The minimum Gasteiger partial charge on any atom is -0.399 e. The van der Waals surface area contributed by atoms with Crippen LogP contribution in [0.3, 0.4) is 0 Å². The van der Waals surface area contributed by atoms with Gasteiger partial charge in [-0.1, -0.05) is 11.6 Å². The maximum Gasteiger partial charge on any atom is 0.252 e. The minimum absolute atomic E-state index is 0.0936. The van der Waals surface area contributed by atoms with Crippen LogP contribution in [0.2, 0.25) is 5.02 Å². The first-order valence-electron chi connectivity index (χ1n) is 4.36. The molecule has 0 fully saturated rings. The second kappa shape index (κ2) is 4.33. The number of amides is 1. The van der Waals surface area contributed by atoms with Crippen molar-refractivity contribution in [3.63, 3.8) is 0 Å². The number of anilines is 1. The Morgan fingerprint density at radius 3 is 2.64 bits per heavy atom. The fraction of sp³-hybridized carbons (Fsp3) is 0.300. The molecule has 0 aromatic heterocycles. The van der Waals surface area contributed by atoms with E-state index in [1.807, 2.05) is 13.8 Å². The molecule has 0 bridgehead atoms. The molecule has 0 radical (unpaired) electrons. The van der Waals surface area contributed by atoms with Crippen molar-refractivity contribution in [1.82, 2.24) is 5.32 Å². The average molecular weight is 213 g/mol. The predicted octanol–water partition coefficient (Wildman–Crippen LogP) is 2.06. The number of hydrogen-bond acceptors (Lipinski definition) is 2. The lowest BCUT2D eigenvalue weighted by molar-refractivity contribution is 0.0943. The van der Waals surface area contributed by atoms with Crippen LogP contribution in [0.4, 0.5) is 5.69 Å². The van der Waals surface area contributed by atoms with Gasteiger partial charge in [0.05, 0.1) is 10.6 Å². The van der Waals surface area contributed by atoms with Gasteiger partial charge in [0.15, 0.2) is 0 Å². The van der Waals surface area contributed by atoms with Crippen LogP contribution >= 0.6 is 11.6 Å². The van der Waals surface area contributed by atoms with Crippen molar-refractivity contribution in [3.05, 3.63) is 28.8 Å². The van der Waals surface area contributed by atoms with Gasteiger partial charge in [0, 0.05) is 11.7 Å². The third kappa shape index (κ3) is 2.64. The molecule has 0 heterocycles. The van der Waals surface area contributed by atoms with E-state index in [-0.39, 0.29) is 11.9 Å². The highest BCUT2D eigenvalue weighted by atomic mass is 35.5. The maximum atomic E-state index is 11.6. The van der Waals surface area contributed by atoms with E-state index >= 15 is 0 Å². The van der Waals surface area contributed by atoms with Crippen LogP contribution in [0.1, 0.15) is 24.2 Å². The predicted molar refractivity (Wildman–Crippen MR) is 58.5 cm³/mol. The molecule has 3 N–H and O–H groups in total. The van der Waals surface area contributed by atoms with Crippen molar-refractivity contribution in [1.29, 1.82) is 0 Å². The smallest absolute Gasteiger partial charge is 0.252 e. The van der Waals surface area contributed by atoms with Gasteiger partial charge in [-0.25, -0.2) is 0 Å². The van der Waals surface area contributed by atoms with Crippen molar-refractivity contribution in [2.45, 2.75) is 19.9 Å². The van der Waals surface area contributed by atoms with Crippen LogP contribution < -0.4 is 11.1 Å². The summed E-state index contributed by atoms with van der Waals surface area (Å²) < 4.78 is 0. The number of rotatable bonds is 2. The summed E-state index contributed by atoms with van der Waals surface area (Å²) in [5.74, 6) is -0.176. The lowest BCUT2D eigenvalue weighted by Gasteiger charge is -2.09. The van der Waals surface area contributed by atoms with E-state index in [1.165, 1.54) is 0 Å². The molecule has 0 spiro atoms. The molecule has 0 saturated heterocycles. The highest BCUT2D eigenvalue weighted by Gasteiger charge is 2.10. The number of hydrogen-bond donors (Lipinski definition) is 2. The SMILES string of the molecule is CC(C)NC(=O)c1ccc(N)cc1Cl. The highest BCUT2D eigenvalue weighted by Crippen LogP contribution is 2.18. The standard InChI is InChI=1S/C10H13ClN2O/c1-6(2)13-10(14)8-4-3-7(12)5-9(8)11/h3-6H,12H2,1-2H3,(H,13,14). The molecule has 76 valence electrons. The molecule has 1 rings (SSSR count). The summed E-state index contributed by atoms with van der Waals surface area (Å²) in [6.07, 6.45) is 0. The zero-order chi connectivity index (χ0) is 10.7. The molecule has 0 aliphatic heterocycles. The van der Waals surface area contributed by atoms with Crippen molar-refractivity contribution in [3.8, 4) is 0 Å². The molecule has 14 heavy (non-hydrogen) atoms. The van der Waals surface area contributed by atoms with Gasteiger partial charge in [0.25, 0.3) is 5.91 Å². The molecule has 3 nitrogen and oxygen atoms in total. The van der Waals surface area contributed by atoms with E-state index in [0.29, 0.717) is 16.3 Å². The van der Waals surface area contributed by atoms with Gasteiger partial charge in [-0.2, -0.15) is 0 Å². The van der Waals surface area contributed by atoms with Gasteiger partial charge in [0.1, 0.15) is 0 Å². The summed E-state index contributed by atoms with van der Waals surface area (Å²) in [5.41, 5.74) is 6.52. The summed E-state index contributed by atoms with van der Waals surface area (Å²) in [5, 5.41) is 3.13. The number of nitrogen functional groups attached to an aromatic ring is 1. The van der Waals surface area contributed by atoms with Gasteiger partial charge in [0.2, 0.25) is 0 Å². The molecule has 1 aromatic carbocycles. The van der Waals surface area contributed by atoms with Crippen LogP contribution in [0.15, 0.2) is 18.2 Å². The topological polar surface area (TPSA) is 55.1 Å². The molecular weight excluding hydrogens is 200 g/mol. The van der Waals surface area contributed by atoms with Gasteiger partial charge in [-0.3, -0.25) is 4.79 Å². The Morgan fingerprint density at radius 1 is 1.50 bits per heavy atom. The molecule has 4 heteroatoms. The Hall–Kier alpha value is -1.22. The molecule has 0 atom stereocenters. The highest BCUT2D eigenvalue weighted by molar-refractivity contribution is 6.34. The van der Waals surface area contributed by atoms with Crippen LogP contribution in [0.5, 0.6) is 0 Å². The zero-order valence-electron chi connectivity index (χ0n) is 8.17. The van der Waals surface area contributed by atoms with E-state index in [9.17, 15) is 4.79 Å². The average Bonchev–Trinajstić information content (AvgIpc) is 2.01. The molecule has 0 saturated carbocycles. The zero-order valence-corrected chi connectivity index (χ0v) is 8.93. The van der Waals surface area contributed by atoms with E-state index in [1.54, 1.807) is 18.2 Å². The van der Waals surface area contributed by atoms with Crippen molar-refractivity contribution >= 4 is 23.2 Å². The van der Waals surface area contributed by atoms with Gasteiger partial charge < -0.3 is 11.1 Å². The van der Waals surface area contributed by atoms with Crippen LogP contribution in [-0.4, -0.2) is 11.9 Å². The third-order valence-corrected chi connectivity index (χ3v) is 1.97. The van der Waals surface area contributed by atoms with Crippen molar-refractivity contribution < 1.29 is 4.79 Å². The normalized spacial score (nSPS) is 10.3. The first-order chi connectivity index (χ1) is 6.50. The Balaban J connectivity index is 2.90. The summed E-state index contributed by atoms with van der Waals surface area (Å²) in [6.45, 7) is 3.78. The largest absolute Gasteiger partial charge is 0.399 e. The fourth-order valence-corrected chi connectivity index (χ4v) is 1.33. The Morgan fingerprint density at radius 2 is 2.14 bits per heavy atom. The lowest BCUT2D eigenvalue weighted by Crippen LogP contribution is -2.30. The number of halogens is 1. The third-order valence-electron chi connectivity index (χ3n) is 1.66. The van der Waals surface area contributed by atoms with Crippen LogP contribution in [0.25, 0.3) is 0 Å². The molecule has 0 unspecified atom stereocenters. The Kier molecular flexibility index (Phi) is 3.36. The number of benzene rings is 1. The van der Waals surface area contributed by atoms with Crippen LogP contribution in [0, 0.1) is 0 Å². The lowest BCUT2D eigenvalue weighted by atomic mass is 10.2. The Bertz CT molecular complexity index is 350. The van der Waals surface area contributed by atoms with Crippen LogP contribution in [-0.2, 0) is 0 Å². The number of carbonyl (C=O) groups excluding carboxylic acids is 1. The minimum atomic E-state index is -0.176. The second-order valence-corrected chi connectivity index (χ2v) is 3.77. The second-order valence-electron chi connectivity index (χ2n) is 3.37. The fourth-order valence-electron chi connectivity index (χ4n) is 1.06. The van der Waals surface area contributed by atoms with E-state index < -0.39 is 0 Å². The van der Waals surface area contributed by atoms with E-state index in [0.717, 1.165) is 0 Å². The number of nitrogens with two attached hydrogens (primary N) is 1. The van der Waals surface area contributed by atoms with Gasteiger partial charge in [-0.05, 0) is 32.0 Å². The summed E-state index contributed by atoms with van der Waals surface area (Å²) in [4.78, 5) is 11.6. The van der Waals surface area contributed by atoms with Gasteiger partial charge in [-0.15, -0.1) is 0 Å². The molecule has 1 amide bonds. The maximum absolute atomic E-state index is 11.6. The summed E-state index contributed by atoms with van der Waals surface area (Å²) in [6, 6.07) is 4.93. The Labute approximate surface area is 88.2 Å². The molecule has 1 aromatic rings. The molecule has 0 aliphatic carbocycles. The van der Waals surface area contributed by atoms with Crippen molar-refractivity contribution in [2.75, 3.05) is 5.73 Å². The van der Waals surface area contributed by atoms with E-state index in [2.05, 4.69) is 5.32 Å². The number of carbonyl (C=O) groups is 1. The van der Waals surface area contributed by atoms with Crippen molar-refractivity contribution in [2.24, 2.45) is 0 Å². The monoisotopic (exact) mass is 212 g/mol. The molecule has 0 aliphatic rings. The summed E-state index contributed by atoms with van der Waals surface area (Å²) in [7, 11) is 0. The number of nitrogens with one attached hydrogen (secondary N) is 1. The molecular formula is C10H13ClN2O. The van der Waals surface area contributed by atoms with E-state index in [4.69, 9.17) is 17.3 Å². The van der Waals surface area contributed by atoms with Gasteiger partial charge >= 0.3 is 0 Å². The first kappa shape index (κ1) is 10.9. The summed E-state index contributed by atoms with van der Waals surface area (Å²) >= 11 is 5.87. The first-order valence-corrected chi connectivity index (χ1v) is 4.74. The quantitative estimate of drug-likeness (QED) is 0.738.